The highest BCUT2D eigenvalue weighted by Gasteiger charge is 2.29. The smallest absolute Gasteiger partial charge is 0.373 e. The fourth-order valence-corrected chi connectivity index (χ4v) is 1.19. The van der Waals surface area contributed by atoms with Crippen molar-refractivity contribution in [2.75, 3.05) is 7.11 Å². The molecule has 0 spiro atoms. The van der Waals surface area contributed by atoms with Crippen LogP contribution in [0.15, 0.2) is 16.5 Å². The zero-order valence-corrected chi connectivity index (χ0v) is 9.44. The van der Waals surface area contributed by atoms with E-state index in [1.807, 2.05) is 0 Å². The Morgan fingerprint density at radius 3 is 2.56 bits per heavy atom. The van der Waals surface area contributed by atoms with Crippen molar-refractivity contribution in [3.63, 3.8) is 0 Å². The standard InChI is InChI=1S/C11H14O5/c1-11(2,10(13)14)6-7-4-5-8(16-7)9(12)15-3/h4-5H,6H2,1-3H3,(H,13,14). The molecule has 0 saturated heterocycles. The molecule has 1 aromatic rings. The molecule has 0 unspecified atom stereocenters. The van der Waals surface area contributed by atoms with Gasteiger partial charge in [-0.15, -0.1) is 0 Å². The molecule has 0 radical (unpaired) electrons. The molecule has 0 aromatic carbocycles. The van der Waals surface area contributed by atoms with E-state index in [2.05, 4.69) is 4.74 Å². The number of carbonyl (C=O) groups excluding carboxylic acids is 1. The van der Waals surface area contributed by atoms with E-state index in [0.717, 1.165) is 0 Å². The predicted octanol–water partition coefficient (Wildman–Crippen LogP) is 1.72. The first-order valence-corrected chi connectivity index (χ1v) is 4.77. The summed E-state index contributed by atoms with van der Waals surface area (Å²) >= 11 is 0. The van der Waals surface area contributed by atoms with Crippen LogP contribution in [0, 0.1) is 5.41 Å². The van der Waals surface area contributed by atoms with E-state index in [4.69, 9.17) is 9.52 Å². The molecule has 1 N–H and O–H groups in total. The maximum Gasteiger partial charge on any atom is 0.373 e. The average molecular weight is 226 g/mol. The lowest BCUT2D eigenvalue weighted by Crippen LogP contribution is -2.25. The summed E-state index contributed by atoms with van der Waals surface area (Å²) in [6.45, 7) is 3.19. The fraction of sp³-hybridized carbons (Fsp3) is 0.455. The zero-order chi connectivity index (χ0) is 12.3. The van der Waals surface area contributed by atoms with E-state index in [1.54, 1.807) is 19.9 Å². The number of aliphatic carboxylic acids is 1. The van der Waals surface area contributed by atoms with E-state index in [1.165, 1.54) is 13.2 Å². The number of carboxylic acid groups (broad SMARTS) is 1. The van der Waals surface area contributed by atoms with Crippen LogP contribution >= 0.6 is 0 Å². The van der Waals surface area contributed by atoms with E-state index in [-0.39, 0.29) is 12.2 Å². The number of carbonyl (C=O) groups is 2. The summed E-state index contributed by atoms with van der Waals surface area (Å²) in [5, 5.41) is 8.93. The number of rotatable bonds is 4. The Balaban J connectivity index is 2.80. The monoisotopic (exact) mass is 226 g/mol. The predicted molar refractivity (Wildman–Crippen MR) is 55.2 cm³/mol. The minimum atomic E-state index is -0.925. The number of ether oxygens (including phenoxy) is 1. The highest BCUT2D eigenvalue weighted by Crippen LogP contribution is 2.23. The topological polar surface area (TPSA) is 76.7 Å². The van der Waals surface area contributed by atoms with Crippen molar-refractivity contribution >= 4 is 11.9 Å². The Labute approximate surface area is 93.0 Å². The summed E-state index contributed by atoms with van der Waals surface area (Å²) in [6, 6.07) is 3.05. The van der Waals surface area contributed by atoms with Crippen LogP contribution in [0.4, 0.5) is 0 Å². The zero-order valence-electron chi connectivity index (χ0n) is 9.44. The molecule has 1 rings (SSSR count). The lowest BCUT2D eigenvalue weighted by Gasteiger charge is -2.16. The number of hydrogen-bond acceptors (Lipinski definition) is 4. The van der Waals surface area contributed by atoms with Crippen LogP contribution in [-0.2, 0) is 16.0 Å². The maximum absolute atomic E-state index is 11.1. The van der Waals surface area contributed by atoms with Crippen LogP contribution in [-0.4, -0.2) is 24.2 Å². The Bertz CT molecular complexity index is 402. The molecule has 0 bridgehead atoms. The van der Waals surface area contributed by atoms with Crippen molar-refractivity contribution in [2.24, 2.45) is 5.41 Å². The molecule has 0 aliphatic rings. The van der Waals surface area contributed by atoms with Gasteiger partial charge in [0, 0.05) is 6.42 Å². The minimum Gasteiger partial charge on any atom is -0.481 e. The van der Waals surface area contributed by atoms with Gasteiger partial charge in [-0.1, -0.05) is 0 Å². The lowest BCUT2D eigenvalue weighted by atomic mass is 9.88. The molecule has 0 saturated carbocycles. The molecule has 16 heavy (non-hydrogen) atoms. The van der Waals surface area contributed by atoms with E-state index in [0.29, 0.717) is 5.76 Å². The van der Waals surface area contributed by atoms with Gasteiger partial charge >= 0.3 is 11.9 Å². The highest BCUT2D eigenvalue weighted by molar-refractivity contribution is 5.86. The molecule has 88 valence electrons. The Kier molecular flexibility index (Phi) is 3.37. The molecule has 0 amide bonds. The quantitative estimate of drug-likeness (QED) is 0.791. The van der Waals surface area contributed by atoms with Crippen molar-refractivity contribution in [1.82, 2.24) is 0 Å². The number of furan rings is 1. The normalized spacial score (nSPS) is 11.2. The van der Waals surface area contributed by atoms with Crippen LogP contribution in [0.5, 0.6) is 0 Å². The summed E-state index contributed by atoms with van der Waals surface area (Å²) in [5.41, 5.74) is -0.925. The van der Waals surface area contributed by atoms with Crippen LogP contribution in [0.25, 0.3) is 0 Å². The molecular weight excluding hydrogens is 212 g/mol. The van der Waals surface area contributed by atoms with Gasteiger partial charge in [-0.25, -0.2) is 4.79 Å². The van der Waals surface area contributed by atoms with Crippen molar-refractivity contribution in [3.05, 3.63) is 23.7 Å². The van der Waals surface area contributed by atoms with Gasteiger partial charge in [0.1, 0.15) is 5.76 Å². The first-order chi connectivity index (χ1) is 7.36. The third kappa shape index (κ3) is 2.62. The molecule has 1 aromatic heterocycles. The maximum atomic E-state index is 11.1. The van der Waals surface area contributed by atoms with Gasteiger partial charge in [0.15, 0.2) is 0 Å². The second kappa shape index (κ2) is 4.38. The van der Waals surface area contributed by atoms with Crippen LogP contribution in [0.3, 0.4) is 0 Å². The molecule has 5 heteroatoms. The third-order valence-corrected chi connectivity index (χ3v) is 2.24. The number of methoxy groups -OCH3 is 1. The summed E-state index contributed by atoms with van der Waals surface area (Å²) < 4.78 is 9.66. The van der Waals surface area contributed by atoms with Gasteiger partial charge in [0.05, 0.1) is 12.5 Å². The molecule has 1 heterocycles. The van der Waals surface area contributed by atoms with Gasteiger partial charge in [-0.05, 0) is 26.0 Å². The highest BCUT2D eigenvalue weighted by atomic mass is 16.5. The second-order valence-electron chi connectivity index (χ2n) is 4.12. The SMILES string of the molecule is COC(=O)c1ccc(CC(C)(C)C(=O)O)o1. The largest absolute Gasteiger partial charge is 0.481 e. The van der Waals surface area contributed by atoms with Gasteiger partial charge in [-0.2, -0.15) is 0 Å². The first kappa shape index (κ1) is 12.3. The van der Waals surface area contributed by atoms with Crippen molar-refractivity contribution < 1.29 is 23.8 Å². The Morgan fingerprint density at radius 2 is 2.06 bits per heavy atom. The van der Waals surface area contributed by atoms with Gasteiger partial charge < -0.3 is 14.3 Å². The van der Waals surface area contributed by atoms with E-state index < -0.39 is 17.4 Å². The molecule has 0 aliphatic carbocycles. The number of esters is 1. The minimum absolute atomic E-state index is 0.0821. The summed E-state index contributed by atoms with van der Waals surface area (Å²) in [7, 11) is 1.26. The first-order valence-electron chi connectivity index (χ1n) is 4.77. The van der Waals surface area contributed by atoms with Crippen LogP contribution in [0.1, 0.15) is 30.2 Å². The van der Waals surface area contributed by atoms with Crippen molar-refractivity contribution in [2.45, 2.75) is 20.3 Å². The summed E-state index contributed by atoms with van der Waals surface area (Å²) in [4.78, 5) is 22.0. The lowest BCUT2D eigenvalue weighted by molar-refractivity contribution is -0.147. The number of hydrogen-bond donors (Lipinski definition) is 1. The van der Waals surface area contributed by atoms with Gasteiger partial charge in [-0.3, -0.25) is 4.79 Å². The van der Waals surface area contributed by atoms with E-state index in [9.17, 15) is 9.59 Å². The summed E-state index contributed by atoms with van der Waals surface area (Å²) in [5.74, 6) is -0.950. The molecule has 0 fully saturated rings. The Morgan fingerprint density at radius 1 is 1.44 bits per heavy atom. The molecule has 5 nitrogen and oxygen atoms in total. The Hall–Kier alpha value is -1.78. The van der Waals surface area contributed by atoms with Crippen LogP contribution in [0.2, 0.25) is 0 Å². The fourth-order valence-electron chi connectivity index (χ4n) is 1.19. The third-order valence-electron chi connectivity index (χ3n) is 2.24. The van der Waals surface area contributed by atoms with Crippen molar-refractivity contribution in [3.8, 4) is 0 Å². The van der Waals surface area contributed by atoms with Crippen LogP contribution < -0.4 is 0 Å². The number of carboxylic acids is 1. The molecule has 0 atom stereocenters. The molecule has 0 aliphatic heterocycles. The second-order valence-corrected chi connectivity index (χ2v) is 4.12. The van der Waals surface area contributed by atoms with Gasteiger partial charge in [0.25, 0.3) is 0 Å². The average Bonchev–Trinajstić information content (AvgIpc) is 2.64. The summed E-state index contributed by atoms with van der Waals surface area (Å²) in [6.07, 6.45) is 0.222. The van der Waals surface area contributed by atoms with Gasteiger partial charge in [0.2, 0.25) is 5.76 Å². The van der Waals surface area contributed by atoms with E-state index >= 15 is 0 Å². The van der Waals surface area contributed by atoms with Crippen molar-refractivity contribution in [1.29, 1.82) is 0 Å². The molecular formula is C11H14O5.